The number of nitrogens with zero attached hydrogens (tertiary/aromatic N) is 1. The van der Waals surface area contributed by atoms with Crippen LogP contribution in [0.15, 0.2) is 18.2 Å². The summed E-state index contributed by atoms with van der Waals surface area (Å²) >= 11 is 0. The molecule has 0 atom stereocenters. The first-order valence-electron chi connectivity index (χ1n) is 8.84. The molecule has 4 heteroatoms. The Morgan fingerprint density at radius 2 is 1.61 bits per heavy atom. The van der Waals surface area contributed by atoms with Crippen molar-refractivity contribution in [2.75, 3.05) is 20.1 Å². The van der Waals surface area contributed by atoms with Crippen LogP contribution in [0.1, 0.15) is 57.6 Å². The lowest BCUT2D eigenvalue weighted by atomic mass is 9.76. The van der Waals surface area contributed by atoms with Crippen LogP contribution in [0.3, 0.4) is 0 Å². The maximum absolute atomic E-state index is 6.18. The third-order valence-corrected chi connectivity index (χ3v) is 5.98. The Morgan fingerprint density at radius 3 is 2.13 bits per heavy atom. The van der Waals surface area contributed by atoms with Gasteiger partial charge in [0.2, 0.25) is 0 Å². The number of rotatable bonds is 2. The third-order valence-electron chi connectivity index (χ3n) is 5.98. The van der Waals surface area contributed by atoms with Gasteiger partial charge in [0.15, 0.2) is 0 Å². The van der Waals surface area contributed by atoms with E-state index >= 15 is 0 Å². The predicted octanol–water partition coefficient (Wildman–Crippen LogP) is 3.10. The highest BCUT2D eigenvalue weighted by Crippen LogP contribution is 2.37. The van der Waals surface area contributed by atoms with Gasteiger partial charge in [0.25, 0.3) is 0 Å². The second kappa shape index (κ2) is 5.91. The zero-order valence-electron chi connectivity index (χ0n) is 15.5. The van der Waals surface area contributed by atoms with E-state index in [0.717, 1.165) is 5.46 Å². The summed E-state index contributed by atoms with van der Waals surface area (Å²) in [7, 11) is 1.95. The van der Waals surface area contributed by atoms with Crippen molar-refractivity contribution < 1.29 is 9.31 Å². The number of piperidine rings is 1. The Kier molecular flexibility index (Phi) is 4.37. The molecule has 0 radical (unpaired) electrons. The van der Waals surface area contributed by atoms with E-state index in [1.807, 2.05) is 0 Å². The quantitative estimate of drug-likeness (QED) is 0.783. The van der Waals surface area contributed by atoms with E-state index in [1.165, 1.54) is 37.1 Å². The molecule has 0 aromatic heterocycles. The van der Waals surface area contributed by atoms with E-state index in [1.54, 1.807) is 0 Å². The summed E-state index contributed by atoms with van der Waals surface area (Å²) in [4.78, 5) is 2.42. The summed E-state index contributed by atoms with van der Waals surface area (Å²) in [5.41, 5.74) is 3.44. The van der Waals surface area contributed by atoms with Crippen LogP contribution in [0.4, 0.5) is 0 Å². The minimum atomic E-state index is -0.280. The fourth-order valence-electron chi connectivity index (χ4n) is 3.60. The van der Waals surface area contributed by atoms with Crippen LogP contribution < -0.4 is 5.46 Å². The highest BCUT2D eigenvalue weighted by atomic mass is 16.7. The van der Waals surface area contributed by atoms with Gasteiger partial charge in [-0.05, 0) is 90.1 Å². The van der Waals surface area contributed by atoms with Crippen molar-refractivity contribution in [3.8, 4) is 0 Å². The molecule has 0 saturated carbocycles. The van der Waals surface area contributed by atoms with Gasteiger partial charge in [-0.3, -0.25) is 0 Å². The van der Waals surface area contributed by atoms with Crippen molar-refractivity contribution in [2.24, 2.45) is 0 Å². The van der Waals surface area contributed by atoms with Gasteiger partial charge in [0.05, 0.1) is 11.2 Å². The van der Waals surface area contributed by atoms with Crippen LogP contribution in [-0.4, -0.2) is 43.4 Å². The summed E-state index contributed by atoms with van der Waals surface area (Å²) in [5.74, 6) is 0.693. The fraction of sp³-hybridized carbons (Fsp3) is 0.684. The lowest BCUT2D eigenvalue weighted by molar-refractivity contribution is 0.00578. The average molecular weight is 315 g/mol. The van der Waals surface area contributed by atoms with Crippen molar-refractivity contribution >= 4 is 12.6 Å². The number of hydrogen-bond donors (Lipinski definition) is 0. The monoisotopic (exact) mass is 315 g/mol. The third kappa shape index (κ3) is 3.22. The summed E-state index contributed by atoms with van der Waals surface area (Å²) in [6.45, 7) is 13.0. The van der Waals surface area contributed by atoms with Crippen molar-refractivity contribution in [3.63, 3.8) is 0 Å². The number of hydrogen-bond acceptors (Lipinski definition) is 3. The SMILES string of the molecule is Cc1cc(B2OC(C)(C)C(C)(C)O2)ccc1C1CCN(C)CC1. The Hall–Kier alpha value is -0.835. The van der Waals surface area contributed by atoms with E-state index < -0.39 is 0 Å². The highest BCUT2D eigenvalue weighted by molar-refractivity contribution is 6.62. The normalized spacial score (nSPS) is 25.0. The summed E-state index contributed by atoms with van der Waals surface area (Å²) < 4.78 is 12.4. The molecule has 0 spiro atoms. The molecule has 2 heterocycles. The van der Waals surface area contributed by atoms with Crippen LogP contribution in [0.2, 0.25) is 0 Å². The standard InChI is InChI=1S/C19H30BNO2/c1-14-13-16(20-22-18(2,3)19(4,5)23-20)7-8-17(14)15-9-11-21(6)12-10-15/h7-8,13,15H,9-12H2,1-6H3. The molecule has 2 aliphatic heterocycles. The van der Waals surface area contributed by atoms with E-state index in [-0.39, 0.29) is 18.3 Å². The Bertz CT molecular complexity index is 561. The van der Waals surface area contributed by atoms with Crippen LogP contribution in [0, 0.1) is 6.92 Å². The van der Waals surface area contributed by atoms with Crippen LogP contribution in [0.5, 0.6) is 0 Å². The molecule has 1 aromatic carbocycles. The molecule has 0 amide bonds. The fourth-order valence-corrected chi connectivity index (χ4v) is 3.60. The van der Waals surface area contributed by atoms with Crippen molar-refractivity contribution in [3.05, 3.63) is 29.3 Å². The van der Waals surface area contributed by atoms with Crippen LogP contribution in [-0.2, 0) is 9.31 Å². The Morgan fingerprint density at radius 1 is 1.04 bits per heavy atom. The predicted molar refractivity (Wildman–Crippen MR) is 96.4 cm³/mol. The zero-order valence-corrected chi connectivity index (χ0v) is 15.5. The molecule has 23 heavy (non-hydrogen) atoms. The van der Waals surface area contributed by atoms with Gasteiger partial charge in [-0.2, -0.15) is 0 Å². The van der Waals surface area contributed by atoms with Gasteiger partial charge in [0, 0.05) is 0 Å². The molecule has 126 valence electrons. The Balaban J connectivity index is 1.78. The van der Waals surface area contributed by atoms with Crippen LogP contribution >= 0.6 is 0 Å². The van der Waals surface area contributed by atoms with Gasteiger partial charge in [-0.15, -0.1) is 0 Å². The topological polar surface area (TPSA) is 21.7 Å². The smallest absolute Gasteiger partial charge is 0.399 e. The number of likely N-dealkylation sites (tertiary alicyclic amines) is 1. The van der Waals surface area contributed by atoms with Crippen molar-refractivity contribution in [2.45, 2.75) is 64.6 Å². The maximum Gasteiger partial charge on any atom is 0.494 e. The molecule has 1 aromatic rings. The summed E-state index contributed by atoms with van der Waals surface area (Å²) in [6, 6.07) is 6.75. The first-order chi connectivity index (χ1) is 10.7. The lowest BCUT2D eigenvalue weighted by Gasteiger charge is -2.32. The maximum atomic E-state index is 6.18. The molecule has 2 saturated heterocycles. The molecule has 2 fully saturated rings. The molecule has 3 rings (SSSR count). The summed E-state index contributed by atoms with van der Waals surface area (Å²) in [6.07, 6.45) is 2.51. The minimum absolute atomic E-state index is 0.259. The molecular formula is C19H30BNO2. The van der Waals surface area contributed by atoms with E-state index in [0.29, 0.717) is 5.92 Å². The molecular weight excluding hydrogens is 285 g/mol. The van der Waals surface area contributed by atoms with Gasteiger partial charge in [-0.25, -0.2) is 0 Å². The highest BCUT2D eigenvalue weighted by Gasteiger charge is 2.51. The average Bonchev–Trinajstić information content (AvgIpc) is 2.68. The van der Waals surface area contributed by atoms with Crippen molar-refractivity contribution in [1.82, 2.24) is 4.90 Å². The first kappa shape index (κ1) is 17.0. The molecule has 2 aliphatic rings. The van der Waals surface area contributed by atoms with Crippen molar-refractivity contribution in [1.29, 1.82) is 0 Å². The molecule has 0 aliphatic carbocycles. The van der Waals surface area contributed by atoms with E-state index in [2.05, 4.69) is 64.8 Å². The number of aryl methyl sites for hydroxylation is 1. The Labute approximate surface area is 141 Å². The van der Waals surface area contributed by atoms with E-state index in [4.69, 9.17) is 9.31 Å². The second-order valence-corrected chi connectivity index (χ2v) is 8.28. The largest absolute Gasteiger partial charge is 0.494 e. The molecule has 0 N–H and O–H groups in total. The van der Waals surface area contributed by atoms with E-state index in [9.17, 15) is 0 Å². The summed E-state index contributed by atoms with van der Waals surface area (Å²) in [5, 5.41) is 0. The minimum Gasteiger partial charge on any atom is -0.399 e. The van der Waals surface area contributed by atoms with Gasteiger partial charge >= 0.3 is 7.12 Å². The second-order valence-electron chi connectivity index (χ2n) is 8.28. The molecule has 0 unspecified atom stereocenters. The molecule has 3 nitrogen and oxygen atoms in total. The number of benzene rings is 1. The first-order valence-corrected chi connectivity index (χ1v) is 8.84. The zero-order chi connectivity index (χ0) is 16.8. The van der Waals surface area contributed by atoms with Gasteiger partial charge < -0.3 is 14.2 Å². The van der Waals surface area contributed by atoms with Crippen LogP contribution in [0.25, 0.3) is 0 Å². The molecule has 0 bridgehead atoms. The lowest BCUT2D eigenvalue weighted by Crippen LogP contribution is -2.41. The van der Waals surface area contributed by atoms with Gasteiger partial charge in [0.1, 0.15) is 0 Å². The van der Waals surface area contributed by atoms with Gasteiger partial charge in [-0.1, -0.05) is 18.2 Å².